The number of anilines is 1. The molecule has 40 heavy (non-hydrogen) atoms. The maximum absolute atomic E-state index is 13.5. The Bertz CT molecular complexity index is 1470. The predicted octanol–water partition coefficient (Wildman–Crippen LogP) is 3.79. The number of methoxy groups -OCH3 is 1. The van der Waals surface area contributed by atoms with Gasteiger partial charge in [0, 0.05) is 25.6 Å². The first-order valence-electron chi connectivity index (χ1n) is 13.5. The number of pyridine rings is 1. The molecule has 0 bridgehead atoms. The van der Waals surface area contributed by atoms with Gasteiger partial charge in [-0.25, -0.2) is 9.97 Å². The number of carbonyl (C=O) groups excluding carboxylic acids is 3. The average Bonchev–Trinajstić information content (AvgIpc) is 3.45. The lowest BCUT2D eigenvalue weighted by atomic mass is 9.82. The third-order valence-electron chi connectivity index (χ3n) is 8.07. The smallest absolute Gasteiger partial charge is 0.313 e. The third-order valence-corrected chi connectivity index (χ3v) is 9.22. The number of amides is 3. The molecule has 1 aromatic carbocycles. The van der Waals surface area contributed by atoms with Gasteiger partial charge in [-0.05, 0) is 55.0 Å². The number of ether oxygens (including phenoxy) is 1. The summed E-state index contributed by atoms with van der Waals surface area (Å²) in [6.07, 6.45) is 3.02. The Kier molecular flexibility index (Phi) is 7.54. The number of nitrogens with two attached hydrogens (primary N) is 1. The second-order valence-corrected chi connectivity index (χ2v) is 12.8. The Morgan fingerprint density at radius 1 is 1.18 bits per heavy atom. The molecule has 3 atom stereocenters. The molecule has 2 saturated heterocycles. The minimum atomic E-state index is -0.800. The van der Waals surface area contributed by atoms with Crippen LogP contribution in [-0.2, 0) is 9.59 Å². The number of fused-ring (bicyclic) bond motifs is 1. The van der Waals surface area contributed by atoms with Crippen molar-refractivity contribution in [1.29, 1.82) is 0 Å². The molecule has 0 unspecified atom stereocenters. The summed E-state index contributed by atoms with van der Waals surface area (Å²) in [5.41, 5.74) is 7.67. The lowest BCUT2D eigenvalue weighted by molar-refractivity contribution is -0.146. The van der Waals surface area contributed by atoms with E-state index in [2.05, 4.69) is 61.2 Å². The summed E-state index contributed by atoms with van der Waals surface area (Å²) in [5, 5.41) is 3.72. The number of nitrogens with one attached hydrogen (secondary N) is 1. The Morgan fingerprint density at radius 3 is 2.62 bits per heavy atom. The second kappa shape index (κ2) is 10.8. The zero-order valence-corrected chi connectivity index (χ0v) is 24.4. The standard InChI is InChI=1S/C29H36N6O4S/c1-16-6-8-22(17-7-9-23-21(10-17)33-27(40-23)20-14-34(4)15-29(20,2)3)35(13-16)28(38)25(37)32-18-11-19(24(30)36)26(39-5)31-12-18/h7,9-12,16,20,22H,6,8,13-15H2,1-5H3,(H2,30,36)(H,32,37)/t16-,20-,22+/m0/s1. The first-order chi connectivity index (χ1) is 19.0. The highest BCUT2D eigenvalue weighted by atomic mass is 32.1. The molecule has 2 aliphatic heterocycles. The molecule has 3 aromatic rings. The number of hydrogen-bond donors (Lipinski definition) is 2. The number of nitrogens with zero attached hydrogens (tertiary/aromatic N) is 4. The molecule has 3 amide bonds. The monoisotopic (exact) mass is 564 g/mol. The summed E-state index contributed by atoms with van der Waals surface area (Å²) in [7, 11) is 3.52. The van der Waals surface area contributed by atoms with Crippen molar-refractivity contribution in [2.45, 2.75) is 45.6 Å². The topological polar surface area (TPSA) is 131 Å². The van der Waals surface area contributed by atoms with E-state index in [1.54, 1.807) is 16.2 Å². The first-order valence-corrected chi connectivity index (χ1v) is 14.3. The van der Waals surface area contributed by atoms with E-state index in [0.717, 1.165) is 46.7 Å². The van der Waals surface area contributed by atoms with E-state index in [4.69, 9.17) is 15.5 Å². The molecule has 2 aliphatic rings. The predicted molar refractivity (Wildman–Crippen MR) is 154 cm³/mol. The van der Waals surface area contributed by atoms with Crippen molar-refractivity contribution in [3.63, 3.8) is 0 Å². The molecule has 0 saturated carbocycles. The number of likely N-dealkylation sites (N-methyl/N-ethyl adjacent to an activating group) is 1. The molecule has 0 spiro atoms. The molecule has 10 nitrogen and oxygen atoms in total. The van der Waals surface area contributed by atoms with E-state index in [1.807, 2.05) is 0 Å². The van der Waals surface area contributed by atoms with Gasteiger partial charge in [0.2, 0.25) is 5.88 Å². The zero-order valence-electron chi connectivity index (χ0n) is 23.6. The van der Waals surface area contributed by atoms with Crippen LogP contribution < -0.4 is 15.8 Å². The average molecular weight is 565 g/mol. The van der Waals surface area contributed by atoms with Gasteiger partial charge >= 0.3 is 11.8 Å². The Balaban J connectivity index is 1.38. The molecule has 11 heteroatoms. The zero-order chi connectivity index (χ0) is 28.8. The van der Waals surface area contributed by atoms with Gasteiger partial charge in [-0.1, -0.05) is 26.8 Å². The van der Waals surface area contributed by atoms with Crippen molar-refractivity contribution in [1.82, 2.24) is 19.8 Å². The van der Waals surface area contributed by atoms with E-state index in [0.29, 0.717) is 12.5 Å². The van der Waals surface area contributed by atoms with Crippen molar-refractivity contribution in [3.05, 3.63) is 46.6 Å². The molecule has 212 valence electrons. The third kappa shape index (κ3) is 5.40. The van der Waals surface area contributed by atoms with Crippen LogP contribution in [0.15, 0.2) is 30.5 Å². The largest absolute Gasteiger partial charge is 0.480 e. The summed E-state index contributed by atoms with van der Waals surface area (Å²) in [4.78, 5) is 51.4. The number of benzene rings is 1. The van der Waals surface area contributed by atoms with Gasteiger partial charge in [0.05, 0.1) is 40.3 Å². The van der Waals surface area contributed by atoms with E-state index in [1.165, 1.54) is 19.4 Å². The van der Waals surface area contributed by atoms with E-state index >= 15 is 0 Å². The molecular formula is C29H36N6O4S. The quantitative estimate of drug-likeness (QED) is 0.451. The van der Waals surface area contributed by atoms with Crippen LogP contribution in [0.1, 0.15) is 66.5 Å². The number of rotatable bonds is 5. The number of hydrogen-bond acceptors (Lipinski definition) is 8. The van der Waals surface area contributed by atoms with Gasteiger partial charge in [-0.2, -0.15) is 0 Å². The van der Waals surface area contributed by atoms with Crippen LogP contribution in [0.25, 0.3) is 10.2 Å². The van der Waals surface area contributed by atoms with Crippen molar-refractivity contribution >= 4 is 45.0 Å². The Hall–Kier alpha value is -3.57. The molecule has 2 aromatic heterocycles. The van der Waals surface area contributed by atoms with Gasteiger partial charge in [0.25, 0.3) is 5.91 Å². The lowest BCUT2D eigenvalue weighted by Gasteiger charge is -2.38. The summed E-state index contributed by atoms with van der Waals surface area (Å²) < 4.78 is 6.18. The highest BCUT2D eigenvalue weighted by molar-refractivity contribution is 7.18. The maximum Gasteiger partial charge on any atom is 0.313 e. The molecule has 0 radical (unpaired) electrons. The Labute approximate surface area is 237 Å². The number of aromatic nitrogens is 2. The summed E-state index contributed by atoms with van der Waals surface area (Å²) in [5.74, 6) is -1.51. The van der Waals surface area contributed by atoms with E-state index in [9.17, 15) is 14.4 Å². The number of piperidine rings is 1. The molecule has 5 rings (SSSR count). The van der Waals surface area contributed by atoms with E-state index in [-0.39, 0.29) is 34.5 Å². The fourth-order valence-corrected chi connectivity index (χ4v) is 7.31. The van der Waals surface area contributed by atoms with Crippen LogP contribution in [0.3, 0.4) is 0 Å². The molecule has 3 N–H and O–H groups in total. The fourth-order valence-electron chi connectivity index (χ4n) is 6.06. The summed E-state index contributed by atoms with van der Waals surface area (Å²) in [6, 6.07) is 7.33. The number of carbonyl (C=O) groups is 3. The SMILES string of the molecule is COc1ncc(NC(=O)C(=O)N2C[C@@H](C)CC[C@@H]2c2ccc3sc([C@@H]4CN(C)CC4(C)C)nc3c2)cc1C(N)=O. The van der Waals surface area contributed by atoms with Crippen LogP contribution in [0.5, 0.6) is 5.88 Å². The van der Waals surface area contributed by atoms with E-state index < -0.39 is 17.7 Å². The van der Waals surface area contributed by atoms with Gasteiger partial charge in [0.15, 0.2) is 0 Å². The van der Waals surface area contributed by atoms with Gasteiger partial charge in [-0.3, -0.25) is 14.4 Å². The lowest BCUT2D eigenvalue weighted by Crippen LogP contribution is -2.46. The second-order valence-electron chi connectivity index (χ2n) is 11.8. The highest BCUT2D eigenvalue weighted by Crippen LogP contribution is 2.44. The first kappa shape index (κ1) is 28.0. The van der Waals surface area contributed by atoms with Crippen LogP contribution in [-0.4, -0.2) is 71.3 Å². The van der Waals surface area contributed by atoms with Crippen molar-refractivity contribution in [2.24, 2.45) is 17.1 Å². The molecule has 2 fully saturated rings. The van der Waals surface area contributed by atoms with Crippen LogP contribution in [0, 0.1) is 11.3 Å². The number of likely N-dealkylation sites (tertiary alicyclic amines) is 2. The van der Waals surface area contributed by atoms with Crippen LogP contribution in [0.4, 0.5) is 5.69 Å². The number of primary amides is 1. The van der Waals surface area contributed by atoms with Gasteiger partial charge < -0.3 is 25.6 Å². The highest BCUT2D eigenvalue weighted by Gasteiger charge is 2.40. The minimum Gasteiger partial charge on any atom is -0.480 e. The Morgan fingerprint density at radius 2 is 1.95 bits per heavy atom. The van der Waals surface area contributed by atoms with Gasteiger partial charge in [0.1, 0.15) is 5.56 Å². The minimum absolute atomic E-state index is 0.0146. The van der Waals surface area contributed by atoms with Crippen molar-refractivity contribution in [3.8, 4) is 5.88 Å². The van der Waals surface area contributed by atoms with Crippen LogP contribution in [0.2, 0.25) is 0 Å². The molecule has 4 heterocycles. The maximum atomic E-state index is 13.5. The number of thiazole rings is 1. The fraction of sp³-hybridized carbons (Fsp3) is 0.483. The normalized spacial score (nSPS) is 22.8. The van der Waals surface area contributed by atoms with Crippen molar-refractivity contribution in [2.75, 3.05) is 39.1 Å². The molecular weight excluding hydrogens is 528 g/mol. The summed E-state index contributed by atoms with van der Waals surface area (Å²) in [6.45, 7) is 9.17. The summed E-state index contributed by atoms with van der Waals surface area (Å²) >= 11 is 1.74. The van der Waals surface area contributed by atoms with Crippen LogP contribution >= 0.6 is 11.3 Å². The van der Waals surface area contributed by atoms with Gasteiger partial charge in [-0.15, -0.1) is 11.3 Å². The molecule has 0 aliphatic carbocycles. The van der Waals surface area contributed by atoms with Crippen molar-refractivity contribution < 1.29 is 19.1 Å².